The first-order valence-corrected chi connectivity index (χ1v) is 6.17. The number of nitrogens with zero attached hydrogens (tertiary/aromatic N) is 3. The van der Waals surface area contributed by atoms with Gasteiger partial charge in [-0.25, -0.2) is 4.68 Å². The van der Waals surface area contributed by atoms with Crippen molar-refractivity contribution in [1.29, 1.82) is 0 Å². The highest BCUT2D eigenvalue weighted by molar-refractivity contribution is 5.65. The molecule has 0 atom stereocenters. The van der Waals surface area contributed by atoms with Crippen LogP contribution in [0.3, 0.4) is 0 Å². The Bertz CT molecular complexity index is 365. The van der Waals surface area contributed by atoms with Crippen molar-refractivity contribution in [1.82, 2.24) is 9.78 Å². The van der Waals surface area contributed by atoms with E-state index in [2.05, 4.69) is 24.0 Å². The van der Waals surface area contributed by atoms with Crippen LogP contribution in [0.2, 0.25) is 0 Å². The third-order valence-corrected chi connectivity index (χ3v) is 3.56. The standard InChI is InChI=1S/C12H22N4/c1-4-16-12(11(13)9(2)14-16)15(3)8-10-6-5-7-10/h10H,4-8,13H2,1-3H3. The van der Waals surface area contributed by atoms with Gasteiger partial charge in [-0.1, -0.05) is 6.42 Å². The van der Waals surface area contributed by atoms with E-state index in [4.69, 9.17) is 5.73 Å². The van der Waals surface area contributed by atoms with Crippen LogP contribution in [-0.2, 0) is 6.54 Å². The lowest BCUT2D eigenvalue weighted by atomic mass is 9.85. The van der Waals surface area contributed by atoms with E-state index in [1.54, 1.807) is 0 Å². The molecule has 0 radical (unpaired) electrons. The maximum Gasteiger partial charge on any atom is 0.150 e. The maximum absolute atomic E-state index is 6.09. The predicted molar refractivity (Wildman–Crippen MR) is 67.7 cm³/mol. The molecule has 0 bridgehead atoms. The minimum atomic E-state index is 0.837. The van der Waals surface area contributed by atoms with Gasteiger partial charge in [0.15, 0.2) is 0 Å². The van der Waals surface area contributed by atoms with E-state index >= 15 is 0 Å². The minimum Gasteiger partial charge on any atom is -0.394 e. The molecule has 0 unspecified atom stereocenters. The summed E-state index contributed by atoms with van der Waals surface area (Å²) in [6.07, 6.45) is 4.12. The van der Waals surface area contributed by atoms with Gasteiger partial charge in [-0.3, -0.25) is 0 Å². The molecule has 0 aromatic carbocycles. The molecule has 16 heavy (non-hydrogen) atoms. The average Bonchev–Trinajstić information content (AvgIpc) is 2.49. The third-order valence-electron chi connectivity index (χ3n) is 3.56. The molecule has 1 heterocycles. The van der Waals surface area contributed by atoms with Crippen LogP contribution in [0.15, 0.2) is 0 Å². The quantitative estimate of drug-likeness (QED) is 0.848. The van der Waals surface area contributed by atoms with Crippen LogP contribution in [0.4, 0.5) is 11.5 Å². The molecule has 1 aliphatic carbocycles. The fraction of sp³-hybridized carbons (Fsp3) is 0.750. The number of hydrogen-bond acceptors (Lipinski definition) is 3. The smallest absolute Gasteiger partial charge is 0.150 e. The molecule has 4 heteroatoms. The molecule has 2 rings (SSSR count). The van der Waals surface area contributed by atoms with E-state index in [-0.39, 0.29) is 0 Å². The summed E-state index contributed by atoms with van der Waals surface area (Å²) in [5, 5.41) is 4.45. The van der Waals surface area contributed by atoms with E-state index in [9.17, 15) is 0 Å². The molecule has 4 nitrogen and oxygen atoms in total. The van der Waals surface area contributed by atoms with Crippen molar-refractivity contribution in [2.45, 2.75) is 39.7 Å². The topological polar surface area (TPSA) is 47.1 Å². The molecular weight excluding hydrogens is 200 g/mol. The van der Waals surface area contributed by atoms with Crippen LogP contribution in [0.25, 0.3) is 0 Å². The first kappa shape index (κ1) is 11.3. The van der Waals surface area contributed by atoms with Crippen molar-refractivity contribution >= 4 is 11.5 Å². The zero-order valence-corrected chi connectivity index (χ0v) is 10.5. The molecule has 1 saturated carbocycles. The van der Waals surface area contributed by atoms with Gasteiger partial charge in [0, 0.05) is 20.1 Å². The summed E-state index contributed by atoms with van der Waals surface area (Å²) in [6.45, 7) is 6.06. The van der Waals surface area contributed by atoms with Gasteiger partial charge >= 0.3 is 0 Å². The molecule has 90 valence electrons. The summed E-state index contributed by atoms with van der Waals surface area (Å²) in [7, 11) is 2.12. The zero-order valence-electron chi connectivity index (χ0n) is 10.5. The first-order valence-electron chi connectivity index (χ1n) is 6.17. The number of aromatic nitrogens is 2. The molecule has 1 aliphatic rings. The number of hydrogen-bond donors (Lipinski definition) is 1. The van der Waals surface area contributed by atoms with Crippen molar-refractivity contribution in [2.24, 2.45) is 5.92 Å². The largest absolute Gasteiger partial charge is 0.394 e. The number of rotatable bonds is 4. The third kappa shape index (κ3) is 1.88. The van der Waals surface area contributed by atoms with Crippen molar-refractivity contribution in [3.05, 3.63) is 5.69 Å². The van der Waals surface area contributed by atoms with Crippen molar-refractivity contribution in [3.8, 4) is 0 Å². The summed E-state index contributed by atoms with van der Waals surface area (Å²) >= 11 is 0. The first-order chi connectivity index (χ1) is 7.63. The van der Waals surface area contributed by atoms with Crippen molar-refractivity contribution in [3.63, 3.8) is 0 Å². The van der Waals surface area contributed by atoms with Gasteiger partial charge in [-0.2, -0.15) is 5.10 Å². The zero-order chi connectivity index (χ0) is 11.7. The van der Waals surface area contributed by atoms with E-state index in [1.165, 1.54) is 19.3 Å². The molecule has 0 amide bonds. The summed E-state index contributed by atoms with van der Waals surface area (Å²) in [5.41, 5.74) is 7.87. The Labute approximate surface area is 97.4 Å². The van der Waals surface area contributed by atoms with Gasteiger partial charge in [0.25, 0.3) is 0 Å². The second-order valence-corrected chi connectivity index (χ2v) is 4.82. The second kappa shape index (κ2) is 4.36. The molecule has 1 aromatic rings. The van der Waals surface area contributed by atoms with E-state index in [0.29, 0.717) is 0 Å². The maximum atomic E-state index is 6.09. The normalized spacial score (nSPS) is 16.2. The van der Waals surface area contributed by atoms with Crippen molar-refractivity contribution in [2.75, 3.05) is 24.2 Å². The molecule has 0 aliphatic heterocycles. The highest BCUT2D eigenvalue weighted by atomic mass is 15.4. The molecule has 1 aromatic heterocycles. The van der Waals surface area contributed by atoms with Gasteiger partial charge in [0.2, 0.25) is 0 Å². The molecule has 2 N–H and O–H groups in total. The fourth-order valence-corrected chi connectivity index (χ4v) is 2.36. The lowest BCUT2D eigenvalue weighted by Gasteiger charge is -2.31. The summed E-state index contributed by atoms with van der Waals surface area (Å²) in [5.74, 6) is 1.94. The fourth-order valence-electron chi connectivity index (χ4n) is 2.36. The molecular formula is C12H22N4. The van der Waals surface area contributed by atoms with Gasteiger partial charge in [-0.05, 0) is 32.6 Å². The second-order valence-electron chi connectivity index (χ2n) is 4.82. The lowest BCUT2D eigenvalue weighted by Crippen LogP contribution is -2.31. The minimum absolute atomic E-state index is 0.837. The van der Waals surface area contributed by atoms with Gasteiger partial charge in [0.1, 0.15) is 5.82 Å². The van der Waals surface area contributed by atoms with Crippen LogP contribution in [0.5, 0.6) is 0 Å². The van der Waals surface area contributed by atoms with E-state index in [0.717, 1.165) is 36.2 Å². The average molecular weight is 222 g/mol. The Morgan fingerprint density at radius 2 is 2.19 bits per heavy atom. The molecule has 0 spiro atoms. The lowest BCUT2D eigenvalue weighted by molar-refractivity contribution is 0.320. The Morgan fingerprint density at radius 1 is 1.50 bits per heavy atom. The number of anilines is 2. The van der Waals surface area contributed by atoms with Gasteiger partial charge in [0.05, 0.1) is 11.4 Å². The Hall–Kier alpha value is -1.19. The highest BCUT2D eigenvalue weighted by Gasteiger charge is 2.22. The van der Waals surface area contributed by atoms with Gasteiger partial charge in [-0.15, -0.1) is 0 Å². The number of nitrogens with two attached hydrogens (primary N) is 1. The summed E-state index contributed by atoms with van der Waals surface area (Å²) < 4.78 is 2.00. The van der Waals surface area contributed by atoms with Crippen LogP contribution < -0.4 is 10.6 Å². The predicted octanol–water partition coefficient (Wildman–Crippen LogP) is 2.03. The summed E-state index contributed by atoms with van der Waals surface area (Å²) in [4.78, 5) is 2.27. The highest BCUT2D eigenvalue weighted by Crippen LogP contribution is 2.31. The SMILES string of the molecule is CCn1nc(C)c(N)c1N(C)CC1CCC1. The van der Waals surface area contributed by atoms with Crippen LogP contribution >= 0.6 is 0 Å². The monoisotopic (exact) mass is 222 g/mol. The van der Waals surface area contributed by atoms with Crippen LogP contribution in [0.1, 0.15) is 31.9 Å². The number of nitrogen functional groups attached to an aromatic ring is 1. The van der Waals surface area contributed by atoms with Crippen LogP contribution in [-0.4, -0.2) is 23.4 Å². The Kier molecular flexibility index (Phi) is 3.08. The van der Waals surface area contributed by atoms with Gasteiger partial charge < -0.3 is 10.6 Å². The van der Waals surface area contributed by atoms with Crippen LogP contribution in [0, 0.1) is 12.8 Å². The van der Waals surface area contributed by atoms with E-state index < -0.39 is 0 Å². The number of aryl methyl sites for hydroxylation is 2. The molecule has 1 fully saturated rings. The molecule has 0 saturated heterocycles. The Balaban J connectivity index is 2.16. The summed E-state index contributed by atoms with van der Waals surface area (Å²) in [6, 6.07) is 0. The van der Waals surface area contributed by atoms with Crippen molar-refractivity contribution < 1.29 is 0 Å². The Morgan fingerprint density at radius 3 is 2.69 bits per heavy atom. The van der Waals surface area contributed by atoms with E-state index in [1.807, 2.05) is 11.6 Å².